The summed E-state index contributed by atoms with van der Waals surface area (Å²) >= 11 is 12.3. The van der Waals surface area contributed by atoms with Crippen LogP contribution >= 0.6 is 23.2 Å². The number of nitrogens with zero attached hydrogens (tertiary/aromatic N) is 2. The lowest BCUT2D eigenvalue weighted by molar-refractivity contribution is -0.140. The van der Waals surface area contributed by atoms with E-state index in [1.165, 1.54) is 29.2 Å². The molecule has 0 saturated heterocycles. The van der Waals surface area contributed by atoms with Gasteiger partial charge in [-0.3, -0.25) is 13.9 Å². The Kier molecular flexibility index (Phi) is 9.46. The van der Waals surface area contributed by atoms with Crippen molar-refractivity contribution in [3.63, 3.8) is 0 Å². The van der Waals surface area contributed by atoms with Gasteiger partial charge in [-0.2, -0.15) is 0 Å². The van der Waals surface area contributed by atoms with E-state index in [9.17, 15) is 18.0 Å². The van der Waals surface area contributed by atoms with Crippen LogP contribution in [0, 0.1) is 0 Å². The van der Waals surface area contributed by atoms with E-state index in [4.69, 9.17) is 23.2 Å². The molecule has 10 heteroatoms. The van der Waals surface area contributed by atoms with Crippen LogP contribution in [0.25, 0.3) is 0 Å². The second-order valence-electron chi connectivity index (χ2n) is 9.83. The summed E-state index contributed by atoms with van der Waals surface area (Å²) in [6, 6.07) is 20.2. The number of carbonyl (C=O) groups is 2. The molecule has 0 radical (unpaired) electrons. The van der Waals surface area contributed by atoms with Crippen molar-refractivity contribution in [2.75, 3.05) is 10.8 Å². The lowest BCUT2D eigenvalue weighted by atomic mass is 10.1. The first kappa shape index (κ1) is 29.5. The maximum Gasteiger partial charge on any atom is 0.264 e. The third-order valence-electron chi connectivity index (χ3n) is 5.69. The van der Waals surface area contributed by atoms with Crippen LogP contribution in [0.15, 0.2) is 83.8 Å². The molecule has 0 unspecified atom stereocenters. The fraction of sp³-hybridized carbons (Fsp3) is 0.286. The van der Waals surface area contributed by atoms with Crippen molar-refractivity contribution in [1.82, 2.24) is 10.2 Å². The molecule has 3 aromatic rings. The van der Waals surface area contributed by atoms with Crippen LogP contribution in [0.1, 0.15) is 33.3 Å². The van der Waals surface area contributed by atoms with Gasteiger partial charge in [-0.05, 0) is 75.7 Å². The minimum absolute atomic E-state index is 0.0147. The van der Waals surface area contributed by atoms with Crippen LogP contribution < -0.4 is 9.62 Å². The zero-order valence-electron chi connectivity index (χ0n) is 21.7. The Morgan fingerprint density at radius 2 is 1.47 bits per heavy atom. The van der Waals surface area contributed by atoms with Crippen molar-refractivity contribution in [3.8, 4) is 0 Å². The van der Waals surface area contributed by atoms with E-state index in [-0.39, 0.29) is 17.3 Å². The van der Waals surface area contributed by atoms with Crippen molar-refractivity contribution >= 4 is 50.7 Å². The largest absolute Gasteiger partial charge is 0.350 e. The van der Waals surface area contributed by atoms with Crippen molar-refractivity contribution < 1.29 is 18.0 Å². The Bertz CT molecular complexity index is 1380. The van der Waals surface area contributed by atoms with Gasteiger partial charge in [0.15, 0.2) is 0 Å². The summed E-state index contributed by atoms with van der Waals surface area (Å²) in [6.07, 6.45) is 0. The Morgan fingerprint density at radius 3 is 2.05 bits per heavy atom. The van der Waals surface area contributed by atoms with E-state index in [2.05, 4.69) is 5.32 Å². The molecule has 0 aromatic heterocycles. The van der Waals surface area contributed by atoms with Gasteiger partial charge >= 0.3 is 0 Å². The predicted molar refractivity (Wildman–Crippen MR) is 152 cm³/mol. The number of halogens is 2. The van der Waals surface area contributed by atoms with Crippen molar-refractivity contribution in [2.45, 2.75) is 50.7 Å². The minimum atomic E-state index is -4.15. The number of nitrogens with one attached hydrogen (secondary N) is 1. The molecule has 2 amide bonds. The van der Waals surface area contributed by atoms with Crippen LogP contribution in [0.2, 0.25) is 10.0 Å². The maximum atomic E-state index is 13.9. The normalized spacial score (nSPS) is 12.5. The van der Waals surface area contributed by atoms with Crippen LogP contribution in [0.4, 0.5) is 5.69 Å². The summed E-state index contributed by atoms with van der Waals surface area (Å²) in [5.41, 5.74) is 0.406. The molecular weight excluding hydrogens is 545 g/mol. The Hall–Kier alpha value is -3.07. The van der Waals surface area contributed by atoms with Crippen molar-refractivity contribution in [2.24, 2.45) is 0 Å². The number of hydrogen-bond acceptors (Lipinski definition) is 4. The summed E-state index contributed by atoms with van der Waals surface area (Å²) in [4.78, 5) is 28.3. The number of amides is 2. The minimum Gasteiger partial charge on any atom is -0.350 e. The zero-order valence-corrected chi connectivity index (χ0v) is 24.0. The van der Waals surface area contributed by atoms with Gasteiger partial charge in [-0.15, -0.1) is 0 Å². The van der Waals surface area contributed by atoms with Crippen LogP contribution in [0.3, 0.4) is 0 Å². The van der Waals surface area contributed by atoms with Gasteiger partial charge in [-0.1, -0.05) is 59.6 Å². The molecule has 0 bridgehead atoms. The van der Waals surface area contributed by atoms with E-state index >= 15 is 0 Å². The van der Waals surface area contributed by atoms with E-state index in [1.807, 2.05) is 20.8 Å². The van der Waals surface area contributed by atoms with E-state index in [0.29, 0.717) is 21.3 Å². The molecular formula is C28H31Cl2N3O4S. The molecule has 1 N–H and O–H groups in total. The first-order valence-corrected chi connectivity index (χ1v) is 14.2. The molecule has 202 valence electrons. The quantitative estimate of drug-likeness (QED) is 0.364. The third kappa shape index (κ3) is 7.49. The van der Waals surface area contributed by atoms with Crippen LogP contribution in [-0.4, -0.2) is 43.3 Å². The first-order valence-electron chi connectivity index (χ1n) is 12.0. The average molecular weight is 577 g/mol. The molecule has 3 aromatic carbocycles. The third-order valence-corrected chi connectivity index (χ3v) is 8.10. The fourth-order valence-corrected chi connectivity index (χ4v) is 5.46. The monoisotopic (exact) mass is 575 g/mol. The van der Waals surface area contributed by atoms with Gasteiger partial charge < -0.3 is 10.2 Å². The molecule has 0 saturated carbocycles. The molecule has 0 spiro atoms. The van der Waals surface area contributed by atoms with Gasteiger partial charge in [0.2, 0.25) is 11.8 Å². The highest BCUT2D eigenvalue weighted by atomic mass is 35.5. The van der Waals surface area contributed by atoms with Gasteiger partial charge in [0.1, 0.15) is 12.6 Å². The molecule has 0 aliphatic carbocycles. The Morgan fingerprint density at radius 1 is 0.895 bits per heavy atom. The molecule has 0 heterocycles. The van der Waals surface area contributed by atoms with Gasteiger partial charge in [0.25, 0.3) is 10.0 Å². The molecule has 38 heavy (non-hydrogen) atoms. The Labute approximate surface area is 234 Å². The molecule has 7 nitrogen and oxygen atoms in total. The summed E-state index contributed by atoms with van der Waals surface area (Å²) in [7, 11) is -4.15. The summed E-state index contributed by atoms with van der Waals surface area (Å²) < 4.78 is 28.5. The fourth-order valence-electron chi connectivity index (χ4n) is 3.72. The summed E-state index contributed by atoms with van der Waals surface area (Å²) in [5.74, 6) is -0.937. The Balaban J connectivity index is 2.02. The summed E-state index contributed by atoms with van der Waals surface area (Å²) in [5, 5.41) is 3.71. The number of carbonyl (C=O) groups excluding carboxylic acids is 2. The smallest absolute Gasteiger partial charge is 0.264 e. The highest BCUT2D eigenvalue weighted by Crippen LogP contribution is 2.26. The van der Waals surface area contributed by atoms with E-state index < -0.39 is 34.1 Å². The van der Waals surface area contributed by atoms with Crippen LogP contribution in [-0.2, 0) is 26.2 Å². The van der Waals surface area contributed by atoms with Gasteiger partial charge in [0.05, 0.1) is 10.6 Å². The van der Waals surface area contributed by atoms with Gasteiger partial charge in [-0.25, -0.2) is 8.42 Å². The number of sulfonamides is 1. The lowest BCUT2D eigenvalue weighted by Gasteiger charge is -2.33. The molecule has 0 fully saturated rings. The molecule has 3 rings (SSSR count). The SMILES string of the molecule is C[C@@H](C(=O)NC(C)(C)C)N(Cc1ccccc1Cl)C(=O)CN(c1ccccc1)S(=O)(=O)c1ccc(Cl)cc1. The second kappa shape index (κ2) is 12.2. The number of rotatable bonds is 9. The van der Waals surface area contributed by atoms with E-state index in [1.54, 1.807) is 61.5 Å². The number of hydrogen-bond donors (Lipinski definition) is 1. The van der Waals surface area contributed by atoms with Crippen molar-refractivity contribution in [3.05, 3.63) is 94.5 Å². The average Bonchev–Trinajstić information content (AvgIpc) is 2.86. The highest BCUT2D eigenvalue weighted by Gasteiger charge is 2.33. The van der Waals surface area contributed by atoms with Gasteiger partial charge in [0, 0.05) is 22.1 Å². The second-order valence-corrected chi connectivity index (χ2v) is 12.5. The topological polar surface area (TPSA) is 86.8 Å². The zero-order chi connectivity index (χ0) is 28.1. The predicted octanol–water partition coefficient (Wildman–Crippen LogP) is 5.52. The molecule has 0 aliphatic heterocycles. The van der Waals surface area contributed by atoms with E-state index in [0.717, 1.165) is 4.31 Å². The molecule has 1 atom stereocenters. The summed E-state index contributed by atoms with van der Waals surface area (Å²) in [6.45, 7) is 6.61. The van der Waals surface area contributed by atoms with Crippen LogP contribution in [0.5, 0.6) is 0 Å². The van der Waals surface area contributed by atoms with Crippen molar-refractivity contribution in [1.29, 1.82) is 0 Å². The number of para-hydroxylation sites is 1. The molecule has 0 aliphatic rings. The number of benzene rings is 3. The standard InChI is InChI=1S/C28H31Cl2N3O4S/c1-20(27(35)31-28(2,3)4)32(18-21-10-8-9-13-25(21)30)26(34)19-33(23-11-6-5-7-12-23)38(36,37)24-16-14-22(29)15-17-24/h5-17,20H,18-19H2,1-4H3,(H,31,35)/t20-/m0/s1. The number of anilines is 1. The lowest BCUT2D eigenvalue weighted by Crippen LogP contribution is -2.54. The first-order chi connectivity index (χ1) is 17.8. The highest BCUT2D eigenvalue weighted by molar-refractivity contribution is 7.92. The maximum absolute atomic E-state index is 13.9.